The van der Waals surface area contributed by atoms with Crippen LogP contribution in [0.25, 0.3) is 0 Å². The summed E-state index contributed by atoms with van der Waals surface area (Å²) >= 11 is 0. The predicted molar refractivity (Wildman–Crippen MR) is 59.6 cm³/mol. The summed E-state index contributed by atoms with van der Waals surface area (Å²) in [5, 5.41) is 11.6. The highest BCUT2D eigenvalue weighted by atomic mass is 15.2. The Morgan fingerprint density at radius 2 is 2.00 bits per heavy atom. The summed E-state index contributed by atoms with van der Waals surface area (Å²) in [6, 6.07) is 2.11. The Labute approximate surface area is 85.9 Å². The highest BCUT2D eigenvalue weighted by Gasteiger charge is 2.03. The van der Waals surface area contributed by atoms with Gasteiger partial charge in [-0.2, -0.15) is 5.10 Å². The number of rotatable bonds is 5. The molecule has 0 aliphatic rings. The molecule has 1 aromatic rings. The van der Waals surface area contributed by atoms with Crippen LogP contribution >= 0.6 is 0 Å². The first-order chi connectivity index (χ1) is 6.81. The van der Waals surface area contributed by atoms with E-state index in [-0.39, 0.29) is 0 Å². The van der Waals surface area contributed by atoms with E-state index in [2.05, 4.69) is 42.4 Å². The van der Waals surface area contributed by atoms with E-state index in [1.54, 1.807) is 0 Å². The Kier molecular flexibility index (Phi) is 4.36. The lowest BCUT2D eigenvalue weighted by Gasteiger charge is -2.07. The second-order valence-electron chi connectivity index (χ2n) is 3.34. The average Bonchev–Trinajstić information content (AvgIpc) is 2.21. The van der Waals surface area contributed by atoms with Gasteiger partial charge in [-0.05, 0) is 31.4 Å². The largest absolute Gasteiger partial charge is 0.369 e. The fourth-order valence-electron chi connectivity index (χ4n) is 1.48. The third kappa shape index (κ3) is 2.69. The average molecular weight is 193 g/mol. The lowest BCUT2D eigenvalue weighted by molar-refractivity contribution is 0.814. The molecule has 0 amide bonds. The number of nitrogens with one attached hydrogen (secondary N) is 1. The first-order valence-corrected chi connectivity index (χ1v) is 5.41. The molecule has 0 spiro atoms. The summed E-state index contributed by atoms with van der Waals surface area (Å²) in [4.78, 5) is 0. The molecule has 0 aromatic carbocycles. The molecule has 14 heavy (non-hydrogen) atoms. The van der Waals surface area contributed by atoms with E-state index in [1.807, 2.05) is 0 Å². The summed E-state index contributed by atoms with van der Waals surface area (Å²) < 4.78 is 0. The molecule has 0 atom stereocenters. The van der Waals surface area contributed by atoms with Gasteiger partial charge in [0, 0.05) is 6.54 Å². The van der Waals surface area contributed by atoms with Crippen LogP contribution in [0.5, 0.6) is 0 Å². The van der Waals surface area contributed by atoms with Crippen molar-refractivity contribution in [2.24, 2.45) is 0 Å². The van der Waals surface area contributed by atoms with Gasteiger partial charge in [-0.3, -0.25) is 0 Å². The number of anilines is 1. The summed E-state index contributed by atoms with van der Waals surface area (Å²) in [7, 11) is 0. The molecule has 3 heteroatoms. The molecule has 0 bridgehead atoms. The fraction of sp³-hybridized carbons (Fsp3) is 0.636. The lowest BCUT2D eigenvalue weighted by atomic mass is 10.1. The van der Waals surface area contributed by atoms with Gasteiger partial charge in [-0.1, -0.05) is 20.3 Å². The molecule has 0 aliphatic heterocycles. The van der Waals surface area contributed by atoms with Crippen molar-refractivity contribution < 1.29 is 0 Å². The molecule has 0 saturated heterocycles. The standard InChI is InChI=1S/C11H19N3/c1-4-7-10-9(5-2)8-11(12-6-3)14-13-10/h8H,4-7H2,1-3H3,(H,12,14). The van der Waals surface area contributed by atoms with Gasteiger partial charge < -0.3 is 5.32 Å². The molecule has 0 aliphatic carbocycles. The number of nitrogens with zero attached hydrogens (tertiary/aromatic N) is 2. The topological polar surface area (TPSA) is 37.8 Å². The van der Waals surface area contributed by atoms with E-state index in [0.717, 1.165) is 37.3 Å². The number of hydrogen-bond donors (Lipinski definition) is 1. The SMILES string of the molecule is CCCc1nnc(NCC)cc1CC. The molecular weight excluding hydrogens is 174 g/mol. The monoisotopic (exact) mass is 193 g/mol. The van der Waals surface area contributed by atoms with E-state index in [4.69, 9.17) is 0 Å². The van der Waals surface area contributed by atoms with Crippen LogP contribution in [-0.4, -0.2) is 16.7 Å². The van der Waals surface area contributed by atoms with Crippen LogP contribution in [-0.2, 0) is 12.8 Å². The van der Waals surface area contributed by atoms with E-state index >= 15 is 0 Å². The molecule has 0 fully saturated rings. The third-order valence-corrected chi connectivity index (χ3v) is 2.19. The van der Waals surface area contributed by atoms with Crippen molar-refractivity contribution in [3.8, 4) is 0 Å². The smallest absolute Gasteiger partial charge is 0.148 e. The Morgan fingerprint density at radius 3 is 2.57 bits per heavy atom. The summed E-state index contributed by atoms with van der Waals surface area (Å²) in [5.41, 5.74) is 2.47. The maximum atomic E-state index is 4.25. The highest BCUT2D eigenvalue weighted by Crippen LogP contribution is 2.12. The van der Waals surface area contributed by atoms with E-state index in [9.17, 15) is 0 Å². The van der Waals surface area contributed by atoms with Crippen molar-refractivity contribution >= 4 is 5.82 Å². The maximum absolute atomic E-state index is 4.25. The van der Waals surface area contributed by atoms with Crippen LogP contribution < -0.4 is 5.32 Å². The zero-order valence-electron chi connectivity index (χ0n) is 9.30. The normalized spacial score (nSPS) is 10.2. The van der Waals surface area contributed by atoms with Crippen molar-refractivity contribution in [3.63, 3.8) is 0 Å². The minimum atomic E-state index is 0.893. The van der Waals surface area contributed by atoms with E-state index in [1.165, 1.54) is 5.56 Å². The van der Waals surface area contributed by atoms with Gasteiger partial charge in [-0.25, -0.2) is 0 Å². The predicted octanol–water partition coefficient (Wildman–Crippen LogP) is 2.42. The minimum absolute atomic E-state index is 0.893. The Bertz CT molecular complexity index is 284. The van der Waals surface area contributed by atoms with Gasteiger partial charge in [-0.15, -0.1) is 5.10 Å². The number of hydrogen-bond acceptors (Lipinski definition) is 3. The second kappa shape index (κ2) is 5.58. The van der Waals surface area contributed by atoms with Crippen LogP contribution in [0.4, 0.5) is 5.82 Å². The molecule has 1 heterocycles. The number of aryl methyl sites for hydroxylation is 2. The molecule has 0 unspecified atom stereocenters. The summed E-state index contributed by atoms with van der Waals surface area (Å²) in [6.07, 6.45) is 3.19. The van der Waals surface area contributed by atoms with Crippen molar-refractivity contribution in [2.75, 3.05) is 11.9 Å². The molecule has 1 rings (SSSR count). The number of aromatic nitrogens is 2. The molecule has 3 nitrogen and oxygen atoms in total. The Balaban J connectivity index is 2.87. The zero-order chi connectivity index (χ0) is 10.4. The van der Waals surface area contributed by atoms with Gasteiger partial charge >= 0.3 is 0 Å². The first-order valence-electron chi connectivity index (χ1n) is 5.41. The Morgan fingerprint density at radius 1 is 1.21 bits per heavy atom. The quantitative estimate of drug-likeness (QED) is 0.780. The summed E-state index contributed by atoms with van der Waals surface area (Å²) in [6.45, 7) is 7.28. The van der Waals surface area contributed by atoms with Gasteiger partial charge in [0.1, 0.15) is 5.82 Å². The Hall–Kier alpha value is -1.12. The van der Waals surface area contributed by atoms with Crippen LogP contribution in [0.2, 0.25) is 0 Å². The van der Waals surface area contributed by atoms with Crippen LogP contribution in [0.3, 0.4) is 0 Å². The van der Waals surface area contributed by atoms with Gasteiger partial charge in [0.25, 0.3) is 0 Å². The molecule has 78 valence electrons. The molecular formula is C11H19N3. The molecule has 0 radical (unpaired) electrons. The first kappa shape index (κ1) is 11.0. The zero-order valence-corrected chi connectivity index (χ0v) is 9.30. The molecule has 1 N–H and O–H groups in total. The van der Waals surface area contributed by atoms with Gasteiger partial charge in [0.05, 0.1) is 5.69 Å². The fourth-order valence-corrected chi connectivity index (χ4v) is 1.48. The summed E-state index contributed by atoms with van der Waals surface area (Å²) in [5.74, 6) is 0.893. The van der Waals surface area contributed by atoms with Crippen LogP contribution in [0.1, 0.15) is 38.4 Å². The minimum Gasteiger partial charge on any atom is -0.369 e. The van der Waals surface area contributed by atoms with Crippen molar-refractivity contribution in [1.29, 1.82) is 0 Å². The van der Waals surface area contributed by atoms with Gasteiger partial charge in [0.15, 0.2) is 0 Å². The van der Waals surface area contributed by atoms with E-state index in [0.29, 0.717) is 0 Å². The molecule has 0 saturated carbocycles. The van der Waals surface area contributed by atoms with E-state index < -0.39 is 0 Å². The van der Waals surface area contributed by atoms with Gasteiger partial charge in [0.2, 0.25) is 0 Å². The maximum Gasteiger partial charge on any atom is 0.148 e. The third-order valence-electron chi connectivity index (χ3n) is 2.19. The highest BCUT2D eigenvalue weighted by molar-refractivity contribution is 5.38. The van der Waals surface area contributed by atoms with Crippen LogP contribution in [0.15, 0.2) is 6.07 Å². The second-order valence-corrected chi connectivity index (χ2v) is 3.34. The lowest BCUT2D eigenvalue weighted by Crippen LogP contribution is -2.05. The van der Waals surface area contributed by atoms with Crippen molar-refractivity contribution in [1.82, 2.24) is 10.2 Å². The van der Waals surface area contributed by atoms with Crippen molar-refractivity contribution in [3.05, 3.63) is 17.3 Å². The van der Waals surface area contributed by atoms with Crippen LogP contribution in [0, 0.1) is 0 Å². The molecule has 1 aromatic heterocycles. The van der Waals surface area contributed by atoms with Crippen molar-refractivity contribution in [2.45, 2.75) is 40.0 Å².